The molecule has 0 amide bonds. The van der Waals surface area contributed by atoms with E-state index in [-0.39, 0.29) is 0 Å². The molecule has 0 aliphatic carbocycles. The summed E-state index contributed by atoms with van der Waals surface area (Å²) in [7, 11) is 0. The summed E-state index contributed by atoms with van der Waals surface area (Å²) >= 11 is 0. The normalized spacial score (nSPS) is 10.1. The molecule has 1 aromatic carbocycles. The molecular formula is C13H15N3. The lowest BCUT2D eigenvalue weighted by molar-refractivity contribution is 1.11. The first-order valence-electron chi connectivity index (χ1n) is 5.25. The third-order valence-corrected chi connectivity index (χ3v) is 2.38. The largest absolute Gasteiger partial charge is 0.399 e. The van der Waals surface area contributed by atoms with Crippen molar-refractivity contribution in [2.24, 2.45) is 0 Å². The van der Waals surface area contributed by atoms with Crippen LogP contribution >= 0.6 is 0 Å². The van der Waals surface area contributed by atoms with E-state index in [4.69, 9.17) is 5.73 Å². The number of pyridine rings is 1. The van der Waals surface area contributed by atoms with Gasteiger partial charge in [0.2, 0.25) is 0 Å². The topological polar surface area (TPSA) is 50.9 Å². The van der Waals surface area contributed by atoms with Gasteiger partial charge in [-0.2, -0.15) is 0 Å². The standard InChI is InChI=1S/C13H15N3/c1-10-2-4-11(5-3-10)9-16-13-8-12(14)6-7-15-13/h2-8H,9H2,1H3,(H3,14,15,16). The van der Waals surface area contributed by atoms with Crippen molar-refractivity contribution < 1.29 is 0 Å². The van der Waals surface area contributed by atoms with Crippen LogP contribution in [0.1, 0.15) is 11.1 Å². The second kappa shape index (κ2) is 4.66. The monoisotopic (exact) mass is 213 g/mol. The van der Waals surface area contributed by atoms with Gasteiger partial charge in [-0.15, -0.1) is 0 Å². The van der Waals surface area contributed by atoms with Crippen LogP contribution < -0.4 is 11.1 Å². The average molecular weight is 213 g/mol. The van der Waals surface area contributed by atoms with Crippen LogP contribution in [0.4, 0.5) is 11.5 Å². The van der Waals surface area contributed by atoms with Crippen LogP contribution in [0.15, 0.2) is 42.6 Å². The smallest absolute Gasteiger partial charge is 0.128 e. The molecule has 2 aromatic rings. The summed E-state index contributed by atoms with van der Waals surface area (Å²) in [5, 5.41) is 3.23. The number of nitrogen functional groups attached to an aromatic ring is 1. The minimum atomic E-state index is 0.724. The molecule has 0 atom stereocenters. The van der Waals surface area contributed by atoms with Crippen molar-refractivity contribution in [1.82, 2.24) is 4.98 Å². The third-order valence-electron chi connectivity index (χ3n) is 2.38. The molecule has 0 fully saturated rings. The van der Waals surface area contributed by atoms with Gasteiger partial charge in [0.25, 0.3) is 0 Å². The maximum Gasteiger partial charge on any atom is 0.128 e. The average Bonchev–Trinajstić information content (AvgIpc) is 2.28. The van der Waals surface area contributed by atoms with Crippen molar-refractivity contribution in [3.63, 3.8) is 0 Å². The molecule has 2 rings (SSSR count). The fourth-order valence-corrected chi connectivity index (χ4v) is 1.44. The SMILES string of the molecule is Cc1ccc(CNc2cc(N)ccn2)cc1. The minimum absolute atomic E-state index is 0.724. The molecule has 3 heteroatoms. The predicted octanol–water partition coefficient (Wildman–Crippen LogP) is 2.58. The first kappa shape index (κ1) is 10.5. The van der Waals surface area contributed by atoms with Crippen LogP contribution in [0.3, 0.4) is 0 Å². The Morgan fingerprint density at radius 3 is 2.62 bits per heavy atom. The zero-order valence-electron chi connectivity index (χ0n) is 9.27. The van der Waals surface area contributed by atoms with Crippen molar-refractivity contribution in [3.05, 3.63) is 53.7 Å². The summed E-state index contributed by atoms with van der Waals surface area (Å²) in [6, 6.07) is 12.0. The van der Waals surface area contributed by atoms with Gasteiger partial charge in [-0.1, -0.05) is 29.8 Å². The Morgan fingerprint density at radius 1 is 1.19 bits per heavy atom. The van der Waals surface area contributed by atoms with Gasteiger partial charge in [0, 0.05) is 24.5 Å². The second-order valence-corrected chi connectivity index (χ2v) is 3.81. The van der Waals surface area contributed by atoms with E-state index in [1.165, 1.54) is 11.1 Å². The maximum absolute atomic E-state index is 5.67. The molecule has 0 radical (unpaired) electrons. The highest BCUT2D eigenvalue weighted by Crippen LogP contribution is 2.10. The number of anilines is 2. The van der Waals surface area contributed by atoms with E-state index in [9.17, 15) is 0 Å². The molecule has 1 aromatic heterocycles. The number of aryl methyl sites for hydroxylation is 1. The van der Waals surface area contributed by atoms with Crippen LogP contribution in [0.25, 0.3) is 0 Å². The van der Waals surface area contributed by atoms with Crippen molar-refractivity contribution in [1.29, 1.82) is 0 Å². The van der Waals surface area contributed by atoms with E-state index in [1.807, 2.05) is 6.07 Å². The van der Waals surface area contributed by atoms with Crippen LogP contribution in [0.5, 0.6) is 0 Å². The molecule has 0 bridgehead atoms. The number of rotatable bonds is 3. The van der Waals surface area contributed by atoms with Crippen LogP contribution in [0, 0.1) is 6.92 Å². The van der Waals surface area contributed by atoms with Crippen molar-refractivity contribution >= 4 is 11.5 Å². The van der Waals surface area contributed by atoms with E-state index in [1.54, 1.807) is 12.3 Å². The van der Waals surface area contributed by atoms with Crippen LogP contribution in [-0.2, 0) is 6.54 Å². The third kappa shape index (κ3) is 2.73. The number of nitrogens with zero attached hydrogens (tertiary/aromatic N) is 1. The Kier molecular flexibility index (Phi) is 3.05. The Labute approximate surface area is 95.3 Å². The van der Waals surface area contributed by atoms with Crippen molar-refractivity contribution in [2.45, 2.75) is 13.5 Å². The summed E-state index contributed by atoms with van der Waals surface area (Å²) in [4.78, 5) is 4.18. The fourth-order valence-electron chi connectivity index (χ4n) is 1.44. The zero-order chi connectivity index (χ0) is 11.4. The Hall–Kier alpha value is -2.03. The number of hydrogen-bond donors (Lipinski definition) is 2. The molecule has 1 heterocycles. The number of aromatic nitrogens is 1. The van der Waals surface area contributed by atoms with Gasteiger partial charge in [0.1, 0.15) is 5.82 Å². The number of hydrogen-bond acceptors (Lipinski definition) is 3. The van der Waals surface area contributed by atoms with Gasteiger partial charge in [0.05, 0.1) is 0 Å². The molecule has 3 nitrogen and oxygen atoms in total. The first-order chi connectivity index (χ1) is 7.74. The quantitative estimate of drug-likeness (QED) is 0.824. The summed E-state index contributed by atoms with van der Waals surface area (Å²) in [6.07, 6.45) is 1.70. The van der Waals surface area contributed by atoms with Gasteiger partial charge < -0.3 is 11.1 Å². The highest BCUT2D eigenvalue weighted by Gasteiger charge is 1.95. The molecule has 0 saturated carbocycles. The second-order valence-electron chi connectivity index (χ2n) is 3.81. The molecule has 0 aliphatic heterocycles. The Morgan fingerprint density at radius 2 is 1.94 bits per heavy atom. The molecule has 0 saturated heterocycles. The lowest BCUT2D eigenvalue weighted by atomic mass is 10.1. The Bertz CT molecular complexity index is 463. The summed E-state index contributed by atoms with van der Waals surface area (Å²) < 4.78 is 0. The molecule has 0 unspecified atom stereocenters. The zero-order valence-corrected chi connectivity index (χ0v) is 9.27. The van der Waals surface area contributed by atoms with Gasteiger partial charge in [-0.05, 0) is 18.6 Å². The highest BCUT2D eigenvalue weighted by molar-refractivity contribution is 5.48. The number of nitrogens with two attached hydrogens (primary N) is 1. The van der Waals surface area contributed by atoms with Gasteiger partial charge in [-0.25, -0.2) is 4.98 Å². The minimum Gasteiger partial charge on any atom is -0.399 e. The van der Waals surface area contributed by atoms with E-state index >= 15 is 0 Å². The van der Waals surface area contributed by atoms with Crippen LogP contribution in [-0.4, -0.2) is 4.98 Å². The lowest BCUT2D eigenvalue weighted by Crippen LogP contribution is -2.01. The first-order valence-corrected chi connectivity index (χ1v) is 5.25. The van der Waals surface area contributed by atoms with Gasteiger partial charge >= 0.3 is 0 Å². The molecule has 0 spiro atoms. The van der Waals surface area contributed by atoms with E-state index in [0.29, 0.717) is 0 Å². The fraction of sp³-hybridized carbons (Fsp3) is 0.154. The molecule has 16 heavy (non-hydrogen) atoms. The van der Waals surface area contributed by atoms with Crippen LogP contribution in [0.2, 0.25) is 0 Å². The Balaban J connectivity index is 1.99. The van der Waals surface area contributed by atoms with E-state index < -0.39 is 0 Å². The highest BCUT2D eigenvalue weighted by atomic mass is 15.0. The van der Waals surface area contributed by atoms with E-state index in [0.717, 1.165) is 18.1 Å². The number of nitrogens with one attached hydrogen (secondary N) is 1. The molecule has 3 N–H and O–H groups in total. The lowest BCUT2D eigenvalue weighted by Gasteiger charge is -2.06. The van der Waals surface area contributed by atoms with E-state index in [2.05, 4.69) is 41.5 Å². The molecular weight excluding hydrogens is 198 g/mol. The predicted molar refractivity (Wildman–Crippen MR) is 67.2 cm³/mol. The van der Waals surface area contributed by atoms with Gasteiger partial charge in [0.15, 0.2) is 0 Å². The summed E-state index contributed by atoms with van der Waals surface area (Å²) in [5.41, 5.74) is 8.89. The van der Waals surface area contributed by atoms with Crippen molar-refractivity contribution in [3.8, 4) is 0 Å². The maximum atomic E-state index is 5.67. The summed E-state index contributed by atoms with van der Waals surface area (Å²) in [6.45, 7) is 2.84. The van der Waals surface area contributed by atoms with Gasteiger partial charge in [-0.3, -0.25) is 0 Å². The van der Waals surface area contributed by atoms with Crippen molar-refractivity contribution in [2.75, 3.05) is 11.1 Å². The number of benzene rings is 1. The molecule has 82 valence electrons. The molecule has 0 aliphatic rings. The summed E-state index contributed by atoms with van der Waals surface area (Å²) in [5.74, 6) is 0.806.